The zero-order valence-corrected chi connectivity index (χ0v) is 13.0. The lowest BCUT2D eigenvalue weighted by molar-refractivity contribution is 0.0789. The third-order valence-electron chi connectivity index (χ3n) is 3.04. The molecule has 0 atom stereocenters. The van der Waals surface area contributed by atoms with Gasteiger partial charge in [0.1, 0.15) is 0 Å². The van der Waals surface area contributed by atoms with E-state index >= 15 is 0 Å². The van der Waals surface area contributed by atoms with Gasteiger partial charge in [-0.3, -0.25) is 0 Å². The van der Waals surface area contributed by atoms with Gasteiger partial charge in [-0.05, 0) is 45.9 Å². The molecule has 0 aliphatic heterocycles. The van der Waals surface area contributed by atoms with Gasteiger partial charge in [-0.1, -0.05) is 22.0 Å². The summed E-state index contributed by atoms with van der Waals surface area (Å²) >= 11 is 3.60. The molecule has 1 aromatic heterocycles. The number of fused-ring (bicyclic) bond motifs is 1. The van der Waals surface area contributed by atoms with Gasteiger partial charge in [-0.25, -0.2) is 0 Å². The first kappa shape index (κ1) is 13.6. The molecule has 3 heteroatoms. The quantitative estimate of drug-likeness (QED) is 0.898. The average molecular weight is 310 g/mol. The number of benzene rings is 1. The number of rotatable bonds is 3. The Hall–Kier alpha value is -0.800. The van der Waals surface area contributed by atoms with Crippen LogP contribution in [0.1, 0.15) is 39.4 Å². The van der Waals surface area contributed by atoms with Gasteiger partial charge in [-0.2, -0.15) is 0 Å². The lowest BCUT2D eigenvalue weighted by Gasteiger charge is -2.21. The molecule has 0 amide bonds. The second-order valence-electron chi connectivity index (χ2n) is 5.76. The minimum absolute atomic E-state index is 0.383. The Morgan fingerprint density at radius 2 is 2.00 bits per heavy atom. The summed E-state index contributed by atoms with van der Waals surface area (Å²) in [7, 11) is 0. The Morgan fingerprint density at radius 1 is 1.33 bits per heavy atom. The maximum Gasteiger partial charge on any atom is 0.0646 e. The van der Waals surface area contributed by atoms with Gasteiger partial charge in [0.15, 0.2) is 0 Å². The maximum absolute atomic E-state index is 10.0. The Balaban J connectivity index is 2.65. The predicted octanol–water partition coefficient (Wildman–Crippen LogP) is 4.30. The Bertz CT molecular complexity index is 564. The normalized spacial score (nSPS) is 12.6. The van der Waals surface area contributed by atoms with E-state index in [9.17, 15) is 5.11 Å². The van der Waals surface area contributed by atoms with Crippen molar-refractivity contribution in [1.29, 1.82) is 0 Å². The highest BCUT2D eigenvalue weighted by atomic mass is 79.9. The van der Waals surface area contributed by atoms with E-state index in [1.165, 1.54) is 16.6 Å². The Kier molecular flexibility index (Phi) is 3.56. The molecule has 98 valence electrons. The van der Waals surface area contributed by atoms with Crippen molar-refractivity contribution in [2.24, 2.45) is 0 Å². The van der Waals surface area contributed by atoms with E-state index in [4.69, 9.17) is 0 Å². The van der Waals surface area contributed by atoms with Gasteiger partial charge < -0.3 is 9.67 Å². The van der Waals surface area contributed by atoms with Crippen LogP contribution in [0.2, 0.25) is 0 Å². The average Bonchev–Trinajstić information content (AvgIpc) is 2.54. The van der Waals surface area contributed by atoms with Crippen LogP contribution < -0.4 is 0 Å². The highest BCUT2D eigenvalue weighted by Gasteiger charge is 2.20. The molecule has 0 aliphatic carbocycles. The Morgan fingerprint density at radius 3 is 2.56 bits per heavy atom. The molecule has 0 unspecified atom stereocenters. The summed E-state index contributed by atoms with van der Waals surface area (Å²) in [6, 6.07) is 8.81. The van der Waals surface area contributed by atoms with Crippen LogP contribution >= 0.6 is 15.9 Å². The van der Waals surface area contributed by atoms with Crippen LogP contribution in [0, 0.1) is 0 Å². The number of hydrogen-bond donors (Lipinski definition) is 1. The number of aromatic nitrogens is 1. The molecule has 0 bridgehead atoms. The number of hydrogen-bond acceptors (Lipinski definition) is 1. The molecular formula is C15H20BrNO. The fourth-order valence-corrected chi connectivity index (χ4v) is 2.93. The van der Waals surface area contributed by atoms with E-state index in [-0.39, 0.29) is 0 Å². The topological polar surface area (TPSA) is 25.2 Å². The van der Waals surface area contributed by atoms with Gasteiger partial charge in [0.05, 0.1) is 5.60 Å². The van der Waals surface area contributed by atoms with E-state index in [1.807, 2.05) is 13.8 Å². The highest BCUT2D eigenvalue weighted by molar-refractivity contribution is 9.10. The van der Waals surface area contributed by atoms with Crippen LogP contribution in [0.4, 0.5) is 0 Å². The number of aliphatic hydroxyl groups is 1. The van der Waals surface area contributed by atoms with Crippen molar-refractivity contribution in [3.05, 3.63) is 34.4 Å². The Labute approximate surface area is 117 Å². The fourth-order valence-electron chi connectivity index (χ4n) is 2.46. The third-order valence-corrected chi connectivity index (χ3v) is 3.73. The fraction of sp³-hybridized carbons (Fsp3) is 0.467. The predicted molar refractivity (Wildman–Crippen MR) is 80.0 cm³/mol. The molecule has 0 spiro atoms. The van der Waals surface area contributed by atoms with Crippen molar-refractivity contribution in [3.63, 3.8) is 0 Å². The van der Waals surface area contributed by atoms with E-state index in [0.29, 0.717) is 12.5 Å². The summed E-state index contributed by atoms with van der Waals surface area (Å²) in [5, 5.41) is 11.3. The third kappa shape index (κ3) is 2.62. The van der Waals surface area contributed by atoms with E-state index in [1.54, 1.807) is 0 Å². The first-order valence-electron chi connectivity index (χ1n) is 6.30. The molecule has 1 N–H and O–H groups in total. The second-order valence-corrected chi connectivity index (χ2v) is 6.62. The van der Waals surface area contributed by atoms with Gasteiger partial charge >= 0.3 is 0 Å². The molecule has 1 heterocycles. The maximum atomic E-state index is 10.0. The number of nitrogens with zero attached hydrogens (tertiary/aromatic N) is 1. The number of halogens is 1. The van der Waals surface area contributed by atoms with Crippen LogP contribution in [0.3, 0.4) is 0 Å². The van der Waals surface area contributed by atoms with Crippen molar-refractivity contribution >= 4 is 26.8 Å². The standard InChI is InChI=1S/C15H20BrNO/c1-10(2)17-11(9-15(3,4)18)8-12-13(16)6-5-7-14(12)17/h5-8,10,18H,9H2,1-4H3. The molecular weight excluding hydrogens is 290 g/mol. The summed E-state index contributed by atoms with van der Waals surface area (Å²) in [6.07, 6.45) is 0.659. The molecule has 0 fully saturated rings. The lowest BCUT2D eigenvalue weighted by Crippen LogP contribution is -2.24. The molecule has 0 saturated heterocycles. The van der Waals surface area contributed by atoms with Crippen molar-refractivity contribution < 1.29 is 5.11 Å². The molecule has 0 aliphatic rings. The molecule has 18 heavy (non-hydrogen) atoms. The highest BCUT2D eigenvalue weighted by Crippen LogP contribution is 2.31. The first-order valence-corrected chi connectivity index (χ1v) is 7.09. The summed E-state index contributed by atoms with van der Waals surface area (Å²) in [6.45, 7) is 8.05. The molecule has 2 rings (SSSR count). The molecule has 2 aromatic rings. The molecule has 2 nitrogen and oxygen atoms in total. The van der Waals surface area contributed by atoms with Crippen LogP contribution in [-0.4, -0.2) is 15.3 Å². The SMILES string of the molecule is CC(C)n1c(CC(C)(C)O)cc2c(Br)cccc21. The van der Waals surface area contributed by atoms with Gasteiger partial charge in [0.2, 0.25) is 0 Å². The van der Waals surface area contributed by atoms with Gasteiger partial charge in [0.25, 0.3) is 0 Å². The van der Waals surface area contributed by atoms with E-state index in [0.717, 1.165) is 4.47 Å². The van der Waals surface area contributed by atoms with E-state index < -0.39 is 5.60 Å². The molecule has 1 aromatic carbocycles. The van der Waals surface area contributed by atoms with Crippen molar-refractivity contribution in [2.75, 3.05) is 0 Å². The van der Waals surface area contributed by atoms with Crippen molar-refractivity contribution in [2.45, 2.75) is 45.8 Å². The monoisotopic (exact) mass is 309 g/mol. The summed E-state index contributed by atoms with van der Waals surface area (Å²) in [5.74, 6) is 0. The zero-order chi connectivity index (χ0) is 13.5. The van der Waals surface area contributed by atoms with Crippen LogP contribution in [0.15, 0.2) is 28.7 Å². The smallest absolute Gasteiger partial charge is 0.0646 e. The molecule has 0 saturated carbocycles. The minimum Gasteiger partial charge on any atom is -0.390 e. The summed E-state index contributed by atoms with van der Waals surface area (Å²) < 4.78 is 3.41. The summed E-state index contributed by atoms with van der Waals surface area (Å²) in [4.78, 5) is 0. The van der Waals surface area contributed by atoms with Crippen LogP contribution in [0.25, 0.3) is 10.9 Å². The van der Waals surface area contributed by atoms with Crippen LogP contribution in [-0.2, 0) is 6.42 Å². The minimum atomic E-state index is -0.687. The first-order chi connectivity index (χ1) is 8.29. The van der Waals surface area contributed by atoms with E-state index in [2.05, 4.69) is 58.6 Å². The van der Waals surface area contributed by atoms with Crippen molar-refractivity contribution in [3.8, 4) is 0 Å². The second kappa shape index (κ2) is 4.71. The largest absolute Gasteiger partial charge is 0.390 e. The van der Waals surface area contributed by atoms with Crippen molar-refractivity contribution in [1.82, 2.24) is 4.57 Å². The zero-order valence-electron chi connectivity index (χ0n) is 11.4. The summed E-state index contributed by atoms with van der Waals surface area (Å²) in [5.41, 5.74) is 1.71. The van der Waals surface area contributed by atoms with Crippen LogP contribution in [0.5, 0.6) is 0 Å². The van der Waals surface area contributed by atoms with Gasteiger partial charge in [0, 0.05) is 33.5 Å². The van der Waals surface area contributed by atoms with Gasteiger partial charge in [-0.15, -0.1) is 0 Å². The lowest BCUT2D eigenvalue weighted by atomic mass is 10.0. The molecule has 0 radical (unpaired) electrons.